The molecule has 0 spiro atoms. The van der Waals surface area contributed by atoms with Crippen LogP contribution in [0.3, 0.4) is 0 Å². The molecule has 9 heteroatoms. The van der Waals surface area contributed by atoms with Crippen LogP contribution in [0.4, 0.5) is 0 Å². The van der Waals surface area contributed by atoms with Crippen LogP contribution >= 0.6 is 0 Å². The molecular formula is C68H110CaO6S2. The molecule has 0 unspecified atom stereocenters. The van der Waals surface area contributed by atoms with Crippen LogP contribution < -0.4 is 0 Å². The fourth-order valence-electron chi connectivity index (χ4n) is 11.4. The molecule has 0 aromatic heterocycles. The minimum Gasteiger partial charge on any atom is -0.744 e. The first-order chi connectivity index (χ1) is 36.9. The average Bonchev–Trinajstić information content (AvgIpc) is 3.40. The van der Waals surface area contributed by atoms with Crippen LogP contribution in [0, 0.1) is 0 Å². The summed E-state index contributed by atoms with van der Waals surface area (Å²) in [5.41, 5.74) is 5.22. The van der Waals surface area contributed by atoms with E-state index in [9.17, 15) is 25.9 Å². The van der Waals surface area contributed by atoms with Gasteiger partial charge in [0.1, 0.15) is 20.2 Å². The minimum absolute atomic E-state index is 0. The van der Waals surface area contributed by atoms with Crippen molar-refractivity contribution >= 4 is 79.5 Å². The van der Waals surface area contributed by atoms with Crippen LogP contribution in [0.15, 0.2) is 70.5 Å². The van der Waals surface area contributed by atoms with Crippen molar-refractivity contribution in [3.8, 4) is 0 Å². The summed E-state index contributed by atoms with van der Waals surface area (Å²) in [6, 6.07) is 18.5. The largest absolute Gasteiger partial charge is 2.00 e. The molecule has 0 saturated carbocycles. The number of benzene rings is 4. The number of hydrogen-bond acceptors (Lipinski definition) is 6. The Labute approximate surface area is 504 Å². The number of aryl methyl sites for hydroxylation is 4. The summed E-state index contributed by atoms with van der Waals surface area (Å²) >= 11 is 0. The Morgan fingerprint density at radius 3 is 0.727 bits per heavy atom. The maximum absolute atomic E-state index is 11.7. The van der Waals surface area contributed by atoms with E-state index >= 15 is 0 Å². The maximum atomic E-state index is 11.7. The Kier molecular flexibility index (Phi) is 41.9. The molecule has 4 aromatic carbocycles. The van der Waals surface area contributed by atoms with E-state index < -0.39 is 20.2 Å². The first-order valence-electron chi connectivity index (χ1n) is 31.9. The van der Waals surface area contributed by atoms with E-state index in [1.165, 1.54) is 278 Å². The molecule has 432 valence electrons. The van der Waals surface area contributed by atoms with Gasteiger partial charge in [-0.1, -0.05) is 295 Å². The third kappa shape index (κ3) is 32.1. The van der Waals surface area contributed by atoms with Gasteiger partial charge >= 0.3 is 37.7 Å². The summed E-state index contributed by atoms with van der Waals surface area (Å²) in [5.74, 6) is 0. The standard InChI is InChI=1S/2C34H56O3S.Ca/c2*1-3-5-7-9-11-13-15-17-19-21-23-30-25-26-31-27-28-32(38(35,36)37)29-34(31)33(30)24-22-20-18-16-14-12-10-8-6-4-2;/h2*25-29H,3-24H2,1-2H3,(H,35,36,37);/q;;+2/p-2. The fraction of sp³-hybridized carbons (Fsp3) is 0.706. The van der Waals surface area contributed by atoms with Gasteiger partial charge in [-0.3, -0.25) is 0 Å². The third-order valence-corrected chi connectivity index (χ3v) is 17.8. The zero-order valence-corrected chi connectivity index (χ0v) is 53.7. The van der Waals surface area contributed by atoms with Gasteiger partial charge in [0.15, 0.2) is 0 Å². The zero-order chi connectivity index (χ0) is 55.0. The monoisotopic (exact) mass is 1130 g/mol. The van der Waals surface area contributed by atoms with Crippen LogP contribution in [0.1, 0.15) is 307 Å². The molecule has 0 bridgehead atoms. The Bertz CT molecular complexity index is 2160. The number of hydrogen-bond donors (Lipinski definition) is 0. The van der Waals surface area contributed by atoms with Crippen LogP contribution in [-0.2, 0) is 45.9 Å². The van der Waals surface area contributed by atoms with E-state index in [0.717, 1.165) is 60.1 Å². The molecule has 4 aromatic rings. The molecule has 0 heterocycles. The summed E-state index contributed by atoms with van der Waals surface area (Å²) in [5, 5.41) is 3.99. The first-order valence-corrected chi connectivity index (χ1v) is 34.8. The molecule has 0 atom stereocenters. The van der Waals surface area contributed by atoms with Crippen molar-refractivity contribution < 1.29 is 25.9 Å². The van der Waals surface area contributed by atoms with Crippen molar-refractivity contribution in [3.63, 3.8) is 0 Å². The smallest absolute Gasteiger partial charge is 0.744 e. The van der Waals surface area contributed by atoms with E-state index in [0.29, 0.717) is 0 Å². The molecule has 0 aliphatic heterocycles. The van der Waals surface area contributed by atoms with Crippen molar-refractivity contribution in [1.29, 1.82) is 0 Å². The SMILES string of the molecule is CCCCCCCCCCCCc1ccc2ccc(S(=O)(=O)[O-])cc2c1CCCCCCCCCCCC.CCCCCCCCCCCCc1ccc2ccc(S(=O)(=O)[O-])cc2c1CCCCCCCCCCCC.[Ca+2]. The summed E-state index contributed by atoms with van der Waals surface area (Å²) < 4.78 is 70.4. The summed E-state index contributed by atoms with van der Waals surface area (Å²) in [4.78, 5) is -0.212. The van der Waals surface area contributed by atoms with Gasteiger partial charge in [-0.2, -0.15) is 0 Å². The number of rotatable bonds is 46. The first kappa shape index (κ1) is 71.6. The van der Waals surface area contributed by atoms with Gasteiger partial charge in [0.2, 0.25) is 0 Å². The molecule has 6 nitrogen and oxygen atoms in total. The second-order valence-corrected chi connectivity index (χ2v) is 25.6. The molecule has 0 saturated heterocycles. The van der Waals surface area contributed by atoms with Gasteiger partial charge < -0.3 is 9.11 Å². The summed E-state index contributed by atoms with van der Waals surface area (Å²) in [6.07, 6.45) is 56.5. The van der Waals surface area contributed by atoms with E-state index in [1.54, 1.807) is 24.3 Å². The van der Waals surface area contributed by atoms with Crippen molar-refractivity contribution in [3.05, 3.63) is 82.9 Å². The van der Waals surface area contributed by atoms with Crippen LogP contribution in [0.2, 0.25) is 0 Å². The summed E-state index contributed by atoms with van der Waals surface area (Å²) in [7, 11) is -8.91. The second-order valence-electron chi connectivity index (χ2n) is 22.8. The van der Waals surface area contributed by atoms with E-state index in [2.05, 4.69) is 52.0 Å². The number of unbranched alkanes of at least 4 members (excludes halogenated alkanes) is 36. The van der Waals surface area contributed by atoms with Crippen LogP contribution in [-0.4, -0.2) is 63.7 Å². The third-order valence-electron chi connectivity index (χ3n) is 16.1. The van der Waals surface area contributed by atoms with E-state index in [1.807, 2.05) is 0 Å². The molecule has 0 amide bonds. The van der Waals surface area contributed by atoms with Crippen molar-refractivity contribution in [1.82, 2.24) is 0 Å². The molecule has 0 N–H and O–H groups in total. The van der Waals surface area contributed by atoms with Crippen LogP contribution in [0.5, 0.6) is 0 Å². The van der Waals surface area contributed by atoms with Crippen molar-refractivity contribution in [2.45, 2.75) is 320 Å². The minimum atomic E-state index is -4.46. The summed E-state index contributed by atoms with van der Waals surface area (Å²) in [6.45, 7) is 9.06. The van der Waals surface area contributed by atoms with Crippen LogP contribution in [0.25, 0.3) is 21.5 Å². The van der Waals surface area contributed by atoms with Gasteiger partial charge in [-0.15, -0.1) is 0 Å². The van der Waals surface area contributed by atoms with Crippen molar-refractivity contribution in [2.24, 2.45) is 0 Å². The predicted octanol–water partition coefficient (Wildman–Crippen LogP) is 21.0. The maximum Gasteiger partial charge on any atom is 2.00 e. The Morgan fingerprint density at radius 1 is 0.286 bits per heavy atom. The van der Waals surface area contributed by atoms with E-state index in [-0.39, 0.29) is 47.5 Å². The molecule has 0 fully saturated rings. The molecule has 0 aliphatic rings. The van der Waals surface area contributed by atoms with Gasteiger partial charge in [0, 0.05) is 0 Å². The Hall–Kier alpha value is -1.52. The molecule has 77 heavy (non-hydrogen) atoms. The molecular weight excluding hydrogens is 1020 g/mol. The molecule has 4 rings (SSSR count). The second kappa shape index (κ2) is 45.1. The van der Waals surface area contributed by atoms with E-state index in [4.69, 9.17) is 0 Å². The molecule has 0 aliphatic carbocycles. The quantitative estimate of drug-likeness (QED) is 0.0247. The van der Waals surface area contributed by atoms with Gasteiger partial charge in [-0.05, 0) is 119 Å². The fourth-order valence-corrected chi connectivity index (χ4v) is 12.4. The zero-order valence-electron chi connectivity index (χ0n) is 49.9. The van der Waals surface area contributed by atoms with Crippen molar-refractivity contribution in [2.75, 3.05) is 0 Å². The Morgan fingerprint density at radius 2 is 0.494 bits per heavy atom. The predicted molar refractivity (Wildman–Crippen MR) is 332 cm³/mol. The topological polar surface area (TPSA) is 114 Å². The normalized spacial score (nSPS) is 11.8. The molecule has 0 radical (unpaired) electrons. The average molecular weight is 1130 g/mol. The van der Waals surface area contributed by atoms with Gasteiger partial charge in [0.05, 0.1) is 9.79 Å². The number of fused-ring (bicyclic) bond motifs is 2. The van der Waals surface area contributed by atoms with Gasteiger partial charge in [0.25, 0.3) is 0 Å². The van der Waals surface area contributed by atoms with Gasteiger partial charge in [-0.25, -0.2) is 16.8 Å². The Balaban J connectivity index is 0.000000520.